The summed E-state index contributed by atoms with van der Waals surface area (Å²) in [5, 5.41) is 14.3. The summed E-state index contributed by atoms with van der Waals surface area (Å²) in [5.41, 5.74) is 3.15. The summed E-state index contributed by atoms with van der Waals surface area (Å²) in [6.45, 7) is 2.30. The number of carboxylic acids is 1. The largest absolute Gasteiger partial charge is 0.480 e. The molecule has 1 aromatic heterocycles. The van der Waals surface area contributed by atoms with E-state index in [9.17, 15) is 19.1 Å². The summed E-state index contributed by atoms with van der Waals surface area (Å²) in [6.07, 6.45) is 5.18. The highest BCUT2D eigenvalue weighted by atomic mass is 19.1. The van der Waals surface area contributed by atoms with E-state index in [1.54, 1.807) is 10.7 Å². The first-order chi connectivity index (χ1) is 14.0. The van der Waals surface area contributed by atoms with Crippen LogP contribution in [0.25, 0.3) is 5.69 Å². The van der Waals surface area contributed by atoms with Gasteiger partial charge in [-0.1, -0.05) is 12.5 Å². The third-order valence-electron chi connectivity index (χ3n) is 6.87. The van der Waals surface area contributed by atoms with E-state index in [0.717, 1.165) is 48.9 Å². The minimum atomic E-state index is -0.937. The second-order valence-corrected chi connectivity index (χ2v) is 8.59. The number of hydrogen-bond donors (Lipinski definition) is 1. The summed E-state index contributed by atoms with van der Waals surface area (Å²) in [5.74, 6) is -1.35. The fourth-order valence-corrected chi connectivity index (χ4v) is 5.56. The van der Waals surface area contributed by atoms with Crippen molar-refractivity contribution >= 4 is 11.9 Å². The van der Waals surface area contributed by atoms with Crippen molar-refractivity contribution in [3.05, 3.63) is 46.5 Å². The number of carbonyl (C=O) groups excluding carboxylic acids is 1. The van der Waals surface area contributed by atoms with Crippen molar-refractivity contribution in [3.63, 3.8) is 0 Å². The van der Waals surface area contributed by atoms with Crippen LogP contribution in [-0.4, -0.2) is 44.3 Å². The van der Waals surface area contributed by atoms with Gasteiger partial charge in [-0.15, -0.1) is 0 Å². The van der Waals surface area contributed by atoms with Gasteiger partial charge in [-0.3, -0.25) is 4.79 Å². The summed E-state index contributed by atoms with van der Waals surface area (Å²) in [4.78, 5) is 26.9. The van der Waals surface area contributed by atoms with Crippen LogP contribution in [0, 0.1) is 24.6 Å². The lowest BCUT2D eigenvalue weighted by molar-refractivity contribution is -0.142. The first kappa shape index (κ1) is 18.3. The molecule has 1 saturated carbocycles. The Labute approximate surface area is 168 Å². The Morgan fingerprint density at radius 1 is 1.21 bits per heavy atom. The van der Waals surface area contributed by atoms with E-state index in [2.05, 4.69) is 5.10 Å². The first-order valence-corrected chi connectivity index (χ1v) is 10.4. The predicted octanol–water partition coefficient (Wildman–Crippen LogP) is 3.13. The quantitative estimate of drug-likeness (QED) is 0.863. The number of aromatic nitrogens is 2. The molecule has 6 nitrogen and oxygen atoms in total. The van der Waals surface area contributed by atoms with Crippen LogP contribution < -0.4 is 0 Å². The van der Waals surface area contributed by atoms with Crippen LogP contribution >= 0.6 is 0 Å². The molecule has 0 bridgehead atoms. The smallest absolute Gasteiger partial charge is 0.326 e. The zero-order valence-corrected chi connectivity index (χ0v) is 16.4. The second kappa shape index (κ2) is 6.68. The van der Waals surface area contributed by atoms with Crippen molar-refractivity contribution in [2.24, 2.45) is 11.8 Å². The van der Waals surface area contributed by atoms with Crippen molar-refractivity contribution in [2.45, 2.75) is 51.5 Å². The summed E-state index contributed by atoms with van der Waals surface area (Å²) >= 11 is 0. The van der Waals surface area contributed by atoms with Gasteiger partial charge in [-0.2, -0.15) is 5.10 Å². The fraction of sp³-hybridized carbons (Fsp3) is 0.500. The van der Waals surface area contributed by atoms with Gasteiger partial charge < -0.3 is 10.0 Å². The number of benzene rings is 1. The molecule has 2 aliphatic carbocycles. The van der Waals surface area contributed by atoms with Gasteiger partial charge in [-0.25, -0.2) is 13.9 Å². The van der Waals surface area contributed by atoms with Gasteiger partial charge in [-0.05, 0) is 68.6 Å². The van der Waals surface area contributed by atoms with Crippen LogP contribution in [0.2, 0.25) is 0 Å². The first-order valence-electron chi connectivity index (χ1n) is 10.4. The standard InChI is InChI=1S/C22H24FN3O3/c1-12-8-9-18(16(23)10-12)26-17-7-3-6-15(17)19(24-26)21(27)25-11-13-4-2-5-14(13)20(25)22(28)29/h8-10,13-14,20H,2-7,11H2,1H3,(H,28,29). The highest BCUT2D eigenvalue weighted by molar-refractivity contribution is 5.97. The van der Waals surface area contributed by atoms with E-state index in [0.29, 0.717) is 24.3 Å². The molecule has 1 aromatic carbocycles. The number of amides is 1. The number of fused-ring (bicyclic) bond motifs is 2. The molecule has 3 aliphatic rings. The minimum Gasteiger partial charge on any atom is -0.480 e. The molecule has 0 spiro atoms. The molecule has 0 radical (unpaired) electrons. The van der Waals surface area contributed by atoms with Crippen LogP contribution in [0.3, 0.4) is 0 Å². The van der Waals surface area contributed by atoms with E-state index in [-0.39, 0.29) is 23.6 Å². The monoisotopic (exact) mass is 397 g/mol. The maximum absolute atomic E-state index is 14.6. The number of aliphatic carboxylic acids is 1. The molecule has 1 amide bonds. The van der Waals surface area contributed by atoms with Gasteiger partial charge in [0.25, 0.3) is 5.91 Å². The third-order valence-corrected chi connectivity index (χ3v) is 6.87. The molecule has 29 heavy (non-hydrogen) atoms. The van der Waals surface area contributed by atoms with Crippen molar-refractivity contribution in [1.29, 1.82) is 0 Å². The Morgan fingerprint density at radius 3 is 2.79 bits per heavy atom. The number of hydrogen-bond acceptors (Lipinski definition) is 3. The van der Waals surface area contributed by atoms with E-state index in [1.165, 1.54) is 11.0 Å². The van der Waals surface area contributed by atoms with Gasteiger partial charge in [0.1, 0.15) is 17.5 Å². The highest BCUT2D eigenvalue weighted by Gasteiger charge is 2.50. The van der Waals surface area contributed by atoms with Crippen LogP contribution in [0.5, 0.6) is 0 Å². The molecule has 7 heteroatoms. The molecular formula is C22H24FN3O3. The van der Waals surface area contributed by atoms with E-state index >= 15 is 0 Å². The molecule has 1 aliphatic heterocycles. The van der Waals surface area contributed by atoms with Crippen LogP contribution in [-0.2, 0) is 17.6 Å². The molecular weight excluding hydrogens is 373 g/mol. The Hall–Kier alpha value is -2.70. The van der Waals surface area contributed by atoms with Crippen molar-refractivity contribution in [3.8, 4) is 5.69 Å². The summed E-state index contributed by atoms with van der Waals surface area (Å²) in [6, 6.07) is 4.19. The average Bonchev–Trinajstić information content (AvgIpc) is 3.41. The maximum Gasteiger partial charge on any atom is 0.326 e. The lowest BCUT2D eigenvalue weighted by atomic mass is 9.94. The molecule has 3 atom stereocenters. The van der Waals surface area contributed by atoms with Crippen molar-refractivity contribution in [1.82, 2.24) is 14.7 Å². The lowest BCUT2D eigenvalue weighted by Gasteiger charge is -2.24. The normalized spacial score (nSPS) is 25.3. The maximum atomic E-state index is 14.6. The Balaban J connectivity index is 1.55. The van der Waals surface area contributed by atoms with Gasteiger partial charge in [0, 0.05) is 17.8 Å². The summed E-state index contributed by atoms with van der Waals surface area (Å²) in [7, 11) is 0. The van der Waals surface area contributed by atoms with Gasteiger partial charge in [0.05, 0.1) is 0 Å². The number of halogens is 1. The highest BCUT2D eigenvalue weighted by Crippen LogP contribution is 2.43. The van der Waals surface area contributed by atoms with E-state index < -0.39 is 12.0 Å². The zero-order valence-electron chi connectivity index (χ0n) is 16.4. The number of carbonyl (C=O) groups is 2. The average molecular weight is 397 g/mol. The fourth-order valence-electron chi connectivity index (χ4n) is 5.56. The van der Waals surface area contributed by atoms with Crippen molar-refractivity contribution in [2.75, 3.05) is 6.54 Å². The Morgan fingerprint density at radius 2 is 2.03 bits per heavy atom. The number of likely N-dealkylation sites (tertiary alicyclic amines) is 1. The number of rotatable bonds is 3. The second-order valence-electron chi connectivity index (χ2n) is 8.59. The third kappa shape index (κ3) is 2.78. The summed E-state index contributed by atoms with van der Waals surface area (Å²) < 4.78 is 16.2. The zero-order chi connectivity index (χ0) is 20.3. The van der Waals surface area contributed by atoms with Crippen LogP contribution in [0.1, 0.15) is 53.0 Å². The molecule has 2 heterocycles. The van der Waals surface area contributed by atoms with Gasteiger partial charge in [0.2, 0.25) is 0 Å². The topological polar surface area (TPSA) is 75.4 Å². The SMILES string of the molecule is Cc1ccc(-n2nc(C(=O)N3CC4CCCC4C3C(=O)O)c3c2CCC3)c(F)c1. The number of carboxylic acid groups (broad SMARTS) is 1. The van der Waals surface area contributed by atoms with Gasteiger partial charge >= 0.3 is 5.97 Å². The van der Waals surface area contributed by atoms with Crippen LogP contribution in [0.4, 0.5) is 4.39 Å². The number of aryl methyl sites for hydroxylation is 1. The van der Waals surface area contributed by atoms with Gasteiger partial charge in [0.15, 0.2) is 5.69 Å². The molecule has 5 rings (SSSR count). The number of nitrogens with zero attached hydrogens (tertiary/aromatic N) is 3. The van der Waals surface area contributed by atoms with Crippen LogP contribution in [0.15, 0.2) is 18.2 Å². The minimum absolute atomic E-state index is 0.0288. The molecule has 1 saturated heterocycles. The van der Waals surface area contributed by atoms with E-state index in [1.807, 2.05) is 13.0 Å². The Bertz CT molecular complexity index is 1010. The molecule has 3 unspecified atom stereocenters. The molecule has 2 aromatic rings. The molecule has 1 N–H and O–H groups in total. The molecule has 2 fully saturated rings. The van der Waals surface area contributed by atoms with Crippen molar-refractivity contribution < 1.29 is 19.1 Å². The molecule has 152 valence electrons. The Kier molecular flexibility index (Phi) is 4.22. The van der Waals surface area contributed by atoms with E-state index in [4.69, 9.17) is 0 Å². The predicted molar refractivity (Wildman–Crippen MR) is 104 cm³/mol. The lowest BCUT2D eigenvalue weighted by Crippen LogP contribution is -2.43.